The number of hydrogen-bond acceptors (Lipinski definition) is 3. The molecule has 1 fully saturated rings. The van der Waals surface area contributed by atoms with E-state index in [0.717, 1.165) is 25.1 Å². The molecule has 1 aromatic carbocycles. The molecule has 3 N–H and O–H groups in total. The molecule has 0 aliphatic carbocycles. The van der Waals surface area contributed by atoms with Crippen molar-refractivity contribution in [3.05, 3.63) is 35.4 Å². The van der Waals surface area contributed by atoms with Gasteiger partial charge in [-0.2, -0.15) is 0 Å². The van der Waals surface area contributed by atoms with Crippen LogP contribution in [0.25, 0.3) is 0 Å². The molecule has 0 spiro atoms. The summed E-state index contributed by atoms with van der Waals surface area (Å²) < 4.78 is 0. The van der Waals surface area contributed by atoms with Gasteiger partial charge in [0.15, 0.2) is 0 Å². The van der Waals surface area contributed by atoms with Crippen LogP contribution in [-0.2, 0) is 0 Å². The average molecular weight is 285 g/mol. The molecule has 0 saturated carbocycles. The molecule has 1 heterocycles. The van der Waals surface area contributed by atoms with Crippen LogP contribution in [0.2, 0.25) is 0 Å². The van der Waals surface area contributed by atoms with Gasteiger partial charge < -0.3 is 11.1 Å². The number of likely N-dealkylation sites (N-methyl/N-ethyl adjacent to an activating group) is 1. The first-order valence-electron chi connectivity index (χ1n) is 7.56. The van der Waals surface area contributed by atoms with Gasteiger partial charge in [0.25, 0.3) is 5.91 Å². The minimum absolute atomic E-state index is 0.0557. The lowest BCUT2D eigenvalue weighted by Crippen LogP contribution is -2.40. The molecule has 0 radical (unpaired) electrons. The predicted molar refractivity (Wildman–Crippen MR) is 85.0 cm³/mol. The van der Waals surface area contributed by atoms with E-state index in [2.05, 4.69) is 29.0 Å². The molecule has 0 bridgehead atoms. The van der Waals surface area contributed by atoms with Crippen LogP contribution in [0.4, 0.5) is 0 Å². The highest BCUT2D eigenvalue weighted by atomic mass is 16.1. The highest BCUT2D eigenvalue weighted by Gasteiger charge is 2.23. The lowest BCUT2D eigenvalue weighted by atomic mass is 10.1. The van der Waals surface area contributed by atoms with Crippen molar-refractivity contribution in [1.29, 1.82) is 0 Å². The summed E-state index contributed by atoms with van der Waals surface area (Å²) in [7, 11) is 0. The molecular weight excluding hydrogens is 262 g/mol. The molecule has 2 rings (SSSR count). The molecule has 1 atom stereocenters. The first kappa shape index (κ1) is 15.6. The molecule has 21 heavy (non-hydrogen) atoms. The van der Waals surface area contributed by atoms with E-state index in [0.29, 0.717) is 24.7 Å². The summed E-state index contributed by atoms with van der Waals surface area (Å²) in [5.41, 5.74) is 6.75. The molecule has 1 unspecified atom stereocenters. The zero-order valence-electron chi connectivity index (χ0n) is 12.6. The maximum absolute atomic E-state index is 12.4. The second kappa shape index (κ2) is 7.82. The van der Waals surface area contributed by atoms with Crippen LogP contribution in [-0.4, -0.2) is 43.0 Å². The number of nitrogens with zero attached hydrogens (tertiary/aromatic N) is 1. The molecule has 112 valence electrons. The quantitative estimate of drug-likeness (QED) is 0.818. The van der Waals surface area contributed by atoms with E-state index in [1.165, 1.54) is 6.42 Å². The number of carbonyl (C=O) groups is 1. The van der Waals surface area contributed by atoms with Gasteiger partial charge in [-0.15, -0.1) is 0 Å². The Morgan fingerprint density at radius 3 is 3.05 bits per heavy atom. The number of likely N-dealkylation sites (tertiary alicyclic amines) is 1. The average Bonchev–Trinajstić information content (AvgIpc) is 2.98. The Kier molecular flexibility index (Phi) is 5.79. The number of rotatable bonds is 4. The summed E-state index contributed by atoms with van der Waals surface area (Å²) in [4.78, 5) is 14.8. The Hall–Kier alpha value is -1.83. The van der Waals surface area contributed by atoms with Gasteiger partial charge in [-0.1, -0.05) is 30.9 Å². The Labute approximate surface area is 126 Å². The summed E-state index contributed by atoms with van der Waals surface area (Å²) in [6.45, 7) is 5.33. The second-order valence-corrected chi connectivity index (χ2v) is 5.19. The largest absolute Gasteiger partial charge is 0.350 e. The van der Waals surface area contributed by atoms with E-state index in [9.17, 15) is 4.79 Å². The van der Waals surface area contributed by atoms with Crippen molar-refractivity contribution < 1.29 is 4.79 Å². The minimum Gasteiger partial charge on any atom is -0.350 e. The lowest BCUT2D eigenvalue weighted by Gasteiger charge is -2.23. The molecule has 1 amide bonds. The maximum Gasteiger partial charge on any atom is 0.252 e. The smallest absolute Gasteiger partial charge is 0.252 e. The second-order valence-electron chi connectivity index (χ2n) is 5.19. The fourth-order valence-electron chi connectivity index (χ4n) is 2.78. The molecule has 0 aromatic heterocycles. The Morgan fingerprint density at radius 1 is 1.48 bits per heavy atom. The van der Waals surface area contributed by atoms with Gasteiger partial charge in [-0.25, -0.2) is 0 Å². The molecule has 1 aromatic rings. The molecule has 1 saturated heterocycles. The Balaban J connectivity index is 2.00. The van der Waals surface area contributed by atoms with E-state index >= 15 is 0 Å². The van der Waals surface area contributed by atoms with Crippen molar-refractivity contribution in [2.75, 3.05) is 26.2 Å². The Bertz CT molecular complexity index is 544. The molecule has 1 aliphatic heterocycles. The standard InChI is InChI=1S/C17H23N3O/c1-2-20-12-6-9-15(20)13-19-17(21)16-10-4-3-7-14(16)8-5-11-18/h3-4,7,10,15H,2,6,9,11-13,18H2,1H3,(H,19,21). The number of carbonyl (C=O) groups excluding carboxylic acids is 1. The van der Waals surface area contributed by atoms with Crippen LogP contribution in [0.15, 0.2) is 24.3 Å². The SMILES string of the molecule is CCN1CCCC1CNC(=O)c1ccccc1C#CCN. The first-order chi connectivity index (χ1) is 10.3. The van der Waals surface area contributed by atoms with Gasteiger partial charge >= 0.3 is 0 Å². The van der Waals surface area contributed by atoms with E-state index < -0.39 is 0 Å². The number of benzene rings is 1. The van der Waals surface area contributed by atoms with Gasteiger partial charge in [-0.3, -0.25) is 9.69 Å². The summed E-state index contributed by atoms with van der Waals surface area (Å²) in [6.07, 6.45) is 2.37. The van der Waals surface area contributed by atoms with Gasteiger partial charge in [0.05, 0.1) is 12.1 Å². The van der Waals surface area contributed by atoms with Crippen molar-refractivity contribution in [2.45, 2.75) is 25.8 Å². The van der Waals surface area contributed by atoms with Crippen molar-refractivity contribution in [3.8, 4) is 11.8 Å². The van der Waals surface area contributed by atoms with E-state index in [1.54, 1.807) is 0 Å². The van der Waals surface area contributed by atoms with Gasteiger partial charge in [0, 0.05) is 18.2 Å². The van der Waals surface area contributed by atoms with Crippen LogP contribution in [0, 0.1) is 11.8 Å². The van der Waals surface area contributed by atoms with Crippen molar-refractivity contribution in [2.24, 2.45) is 5.73 Å². The third kappa shape index (κ3) is 4.07. The van der Waals surface area contributed by atoms with Crippen LogP contribution in [0.5, 0.6) is 0 Å². The van der Waals surface area contributed by atoms with Gasteiger partial charge in [0.1, 0.15) is 0 Å². The summed E-state index contributed by atoms with van der Waals surface area (Å²) in [5, 5.41) is 3.04. The maximum atomic E-state index is 12.4. The van der Waals surface area contributed by atoms with E-state index in [4.69, 9.17) is 5.73 Å². The summed E-state index contributed by atoms with van der Waals surface area (Å²) in [6, 6.07) is 7.86. The highest BCUT2D eigenvalue weighted by Crippen LogP contribution is 2.16. The first-order valence-corrected chi connectivity index (χ1v) is 7.56. The molecule has 4 nitrogen and oxygen atoms in total. The van der Waals surface area contributed by atoms with Crippen LogP contribution in [0.3, 0.4) is 0 Å². The fourth-order valence-corrected chi connectivity index (χ4v) is 2.78. The van der Waals surface area contributed by atoms with Crippen molar-refractivity contribution in [3.63, 3.8) is 0 Å². The van der Waals surface area contributed by atoms with Gasteiger partial charge in [-0.05, 0) is 38.1 Å². The third-order valence-electron chi connectivity index (χ3n) is 3.90. The van der Waals surface area contributed by atoms with Crippen LogP contribution in [0.1, 0.15) is 35.7 Å². The minimum atomic E-state index is -0.0557. The highest BCUT2D eigenvalue weighted by molar-refractivity contribution is 5.96. The van der Waals surface area contributed by atoms with Crippen LogP contribution < -0.4 is 11.1 Å². The van der Waals surface area contributed by atoms with Crippen molar-refractivity contribution in [1.82, 2.24) is 10.2 Å². The number of hydrogen-bond donors (Lipinski definition) is 2. The lowest BCUT2D eigenvalue weighted by molar-refractivity contribution is 0.0941. The van der Waals surface area contributed by atoms with Crippen LogP contribution >= 0.6 is 0 Å². The summed E-state index contributed by atoms with van der Waals surface area (Å²) >= 11 is 0. The topological polar surface area (TPSA) is 58.4 Å². The fraction of sp³-hybridized carbons (Fsp3) is 0.471. The van der Waals surface area contributed by atoms with Gasteiger partial charge in [0.2, 0.25) is 0 Å². The zero-order valence-corrected chi connectivity index (χ0v) is 12.6. The molecular formula is C17H23N3O. The summed E-state index contributed by atoms with van der Waals surface area (Å²) in [5.74, 6) is 5.70. The number of nitrogens with two attached hydrogens (primary N) is 1. The van der Waals surface area contributed by atoms with E-state index in [-0.39, 0.29) is 5.91 Å². The monoisotopic (exact) mass is 285 g/mol. The number of nitrogens with one attached hydrogen (secondary N) is 1. The van der Waals surface area contributed by atoms with Crippen molar-refractivity contribution >= 4 is 5.91 Å². The predicted octanol–water partition coefficient (Wildman–Crippen LogP) is 1.21. The Morgan fingerprint density at radius 2 is 2.29 bits per heavy atom. The molecule has 1 aliphatic rings. The third-order valence-corrected chi connectivity index (χ3v) is 3.90. The zero-order chi connectivity index (χ0) is 15.1. The van der Waals surface area contributed by atoms with E-state index in [1.807, 2.05) is 24.3 Å². The normalized spacial score (nSPS) is 18.1. The number of amides is 1. The molecule has 4 heteroatoms.